The Kier molecular flexibility index (Phi) is 5.04. The molecule has 3 rings (SSSR count). The first-order valence-electron chi connectivity index (χ1n) is 8.31. The minimum Gasteiger partial charge on any atom is -0.493 e. The molecule has 1 aliphatic rings. The molecule has 0 bridgehead atoms. The number of cyclic esters (lactones) is 1. The van der Waals surface area contributed by atoms with Crippen molar-refractivity contribution in [1.82, 2.24) is 4.90 Å². The van der Waals surface area contributed by atoms with Crippen molar-refractivity contribution < 1.29 is 14.3 Å². The number of rotatable bonds is 6. The summed E-state index contributed by atoms with van der Waals surface area (Å²) in [6.07, 6.45) is 0.353. The molecule has 1 aliphatic heterocycles. The van der Waals surface area contributed by atoms with Crippen LogP contribution in [-0.4, -0.2) is 30.2 Å². The summed E-state index contributed by atoms with van der Waals surface area (Å²) in [7, 11) is 0. The van der Waals surface area contributed by atoms with Gasteiger partial charge in [0.1, 0.15) is 11.9 Å². The van der Waals surface area contributed by atoms with Gasteiger partial charge in [0.15, 0.2) is 0 Å². The van der Waals surface area contributed by atoms with Crippen LogP contribution in [0, 0.1) is 13.8 Å². The van der Waals surface area contributed by atoms with Gasteiger partial charge in [0.05, 0.1) is 13.2 Å². The summed E-state index contributed by atoms with van der Waals surface area (Å²) in [5.74, 6) is 0.873. The van der Waals surface area contributed by atoms with Gasteiger partial charge in [-0.25, -0.2) is 4.79 Å². The molecule has 4 nitrogen and oxygen atoms in total. The number of benzene rings is 2. The second-order valence-electron chi connectivity index (χ2n) is 6.33. The molecular formula is C20H23NO3. The van der Waals surface area contributed by atoms with E-state index in [4.69, 9.17) is 9.47 Å². The molecule has 4 heteroatoms. The second-order valence-corrected chi connectivity index (χ2v) is 6.33. The maximum atomic E-state index is 12.0. The number of carbonyl (C=O) groups excluding carboxylic acids is 1. The summed E-state index contributed by atoms with van der Waals surface area (Å²) in [5, 5.41) is 0. The zero-order valence-electron chi connectivity index (χ0n) is 14.2. The number of amides is 1. The highest BCUT2D eigenvalue weighted by Crippen LogP contribution is 2.19. The molecule has 126 valence electrons. The molecule has 2 aromatic carbocycles. The number of hydrogen-bond acceptors (Lipinski definition) is 3. The van der Waals surface area contributed by atoms with Crippen LogP contribution in [0.15, 0.2) is 48.5 Å². The van der Waals surface area contributed by atoms with E-state index in [0.29, 0.717) is 26.1 Å². The average Bonchev–Trinajstić information content (AvgIpc) is 2.87. The summed E-state index contributed by atoms with van der Waals surface area (Å²) >= 11 is 0. The summed E-state index contributed by atoms with van der Waals surface area (Å²) < 4.78 is 11.2. The van der Waals surface area contributed by atoms with Crippen LogP contribution < -0.4 is 4.74 Å². The van der Waals surface area contributed by atoms with Gasteiger partial charge >= 0.3 is 6.09 Å². The summed E-state index contributed by atoms with van der Waals surface area (Å²) in [4.78, 5) is 13.7. The first-order valence-corrected chi connectivity index (χ1v) is 8.31. The van der Waals surface area contributed by atoms with Crippen molar-refractivity contribution in [3.05, 3.63) is 65.2 Å². The second kappa shape index (κ2) is 7.39. The predicted octanol–water partition coefficient (Wildman–Crippen LogP) is 4.09. The van der Waals surface area contributed by atoms with E-state index >= 15 is 0 Å². The SMILES string of the molecule is Cc1cc(C)cc(OCC[C@@H]2CN(Cc3ccccc3)C(=O)O2)c1. The van der Waals surface area contributed by atoms with Gasteiger partial charge < -0.3 is 14.4 Å². The zero-order valence-corrected chi connectivity index (χ0v) is 14.2. The van der Waals surface area contributed by atoms with Crippen molar-refractivity contribution in [2.24, 2.45) is 0 Å². The topological polar surface area (TPSA) is 38.8 Å². The molecule has 0 saturated carbocycles. The minimum atomic E-state index is -0.241. The quantitative estimate of drug-likeness (QED) is 0.803. The van der Waals surface area contributed by atoms with E-state index in [1.807, 2.05) is 42.5 Å². The van der Waals surface area contributed by atoms with Crippen LogP contribution in [0.5, 0.6) is 5.75 Å². The highest BCUT2D eigenvalue weighted by Gasteiger charge is 2.30. The first kappa shape index (κ1) is 16.4. The lowest BCUT2D eigenvalue weighted by atomic mass is 10.1. The van der Waals surface area contributed by atoms with Gasteiger partial charge in [-0.05, 0) is 42.7 Å². The van der Waals surface area contributed by atoms with Crippen molar-refractivity contribution in [2.75, 3.05) is 13.2 Å². The largest absolute Gasteiger partial charge is 0.493 e. The van der Waals surface area contributed by atoms with E-state index in [2.05, 4.69) is 19.9 Å². The lowest BCUT2D eigenvalue weighted by Gasteiger charge is -2.13. The Balaban J connectivity index is 1.47. The molecule has 1 atom stereocenters. The number of nitrogens with zero attached hydrogens (tertiary/aromatic N) is 1. The summed E-state index contributed by atoms with van der Waals surface area (Å²) in [6, 6.07) is 16.1. The Hall–Kier alpha value is -2.49. The molecule has 0 radical (unpaired) electrons. The highest BCUT2D eigenvalue weighted by molar-refractivity contribution is 5.69. The Bertz CT molecular complexity index is 679. The summed E-state index contributed by atoms with van der Waals surface area (Å²) in [5.41, 5.74) is 3.49. The third-order valence-electron chi connectivity index (χ3n) is 4.07. The average molecular weight is 325 g/mol. The van der Waals surface area contributed by atoms with Gasteiger partial charge in [0, 0.05) is 13.0 Å². The number of ether oxygens (including phenoxy) is 2. The van der Waals surface area contributed by atoms with Gasteiger partial charge in [-0.2, -0.15) is 0 Å². The predicted molar refractivity (Wildman–Crippen MR) is 93.1 cm³/mol. The smallest absolute Gasteiger partial charge is 0.410 e. The molecular weight excluding hydrogens is 302 g/mol. The molecule has 0 unspecified atom stereocenters. The normalized spacial score (nSPS) is 17.0. The number of hydrogen-bond donors (Lipinski definition) is 0. The summed E-state index contributed by atoms with van der Waals surface area (Å²) in [6.45, 7) is 5.86. The maximum Gasteiger partial charge on any atom is 0.410 e. The van der Waals surface area contributed by atoms with Crippen LogP contribution in [0.25, 0.3) is 0 Å². The Morgan fingerprint density at radius 3 is 2.54 bits per heavy atom. The van der Waals surface area contributed by atoms with E-state index in [-0.39, 0.29) is 12.2 Å². The molecule has 1 heterocycles. The Morgan fingerprint density at radius 2 is 1.83 bits per heavy atom. The fraction of sp³-hybridized carbons (Fsp3) is 0.350. The highest BCUT2D eigenvalue weighted by atomic mass is 16.6. The lowest BCUT2D eigenvalue weighted by Crippen LogP contribution is -2.24. The first-order chi connectivity index (χ1) is 11.6. The number of carbonyl (C=O) groups is 1. The number of aryl methyl sites for hydroxylation is 2. The van der Waals surface area contributed by atoms with Gasteiger partial charge in [-0.15, -0.1) is 0 Å². The van der Waals surface area contributed by atoms with Crippen LogP contribution in [0.1, 0.15) is 23.1 Å². The fourth-order valence-corrected chi connectivity index (χ4v) is 2.98. The lowest BCUT2D eigenvalue weighted by molar-refractivity contribution is 0.119. The maximum absolute atomic E-state index is 12.0. The van der Waals surface area contributed by atoms with E-state index in [0.717, 1.165) is 11.3 Å². The molecule has 0 spiro atoms. The van der Waals surface area contributed by atoms with Crippen LogP contribution in [0.2, 0.25) is 0 Å². The van der Waals surface area contributed by atoms with Crippen molar-refractivity contribution in [1.29, 1.82) is 0 Å². The van der Waals surface area contributed by atoms with E-state index < -0.39 is 0 Å². The van der Waals surface area contributed by atoms with Gasteiger partial charge in [-0.3, -0.25) is 0 Å². The van der Waals surface area contributed by atoms with E-state index in [9.17, 15) is 4.79 Å². The third-order valence-corrected chi connectivity index (χ3v) is 4.07. The van der Waals surface area contributed by atoms with Crippen molar-refractivity contribution >= 4 is 6.09 Å². The Morgan fingerprint density at radius 1 is 1.12 bits per heavy atom. The molecule has 0 aromatic heterocycles. The van der Waals surface area contributed by atoms with Crippen LogP contribution in [0.3, 0.4) is 0 Å². The van der Waals surface area contributed by atoms with E-state index in [1.165, 1.54) is 11.1 Å². The molecule has 1 amide bonds. The molecule has 24 heavy (non-hydrogen) atoms. The van der Waals surface area contributed by atoms with E-state index in [1.54, 1.807) is 4.90 Å². The van der Waals surface area contributed by atoms with Gasteiger partial charge in [0.2, 0.25) is 0 Å². The van der Waals surface area contributed by atoms with Crippen LogP contribution in [-0.2, 0) is 11.3 Å². The van der Waals surface area contributed by atoms with Crippen LogP contribution >= 0.6 is 0 Å². The fourth-order valence-electron chi connectivity index (χ4n) is 2.98. The monoisotopic (exact) mass is 325 g/mol. The minimum absolute atomic E-state index is 0.105. The molecule has 0 aliphatic carbocycles. The molecule has 1 fully saturated rings. The molecule has 1 saturated heterocycles. The van der Waals surface area contributed by atoms with Gasteiger partial charge in [0.25, 0.3) is 0 Å². The van der Waals surface area contributed by atoms with Gasteiger partial charge in [-0.1, -0.05) is 36.4 Å². The zero-order chi connectivity index (χ0) is 16.9. The van der Waals surface area contributed by atoms with Crippen molar-refractivity contribution in [2.45, 2.75) is 32.9 Å². The van der Waals surface area contributed by atoms with Crippen molar-refractivity contribution in [3.63, 3.8) is 0 Å². The molecule has 2 aromatic rings. The third kappa shape index (κ3) is 4.28. The van der Waals surface area contributed by atoms with Crippen molar-refractivity contribution in [3.8, 4) is 5.75 Å². The van der Waals surface area contributed by atoms with Crippen LogP contribution in [0.4, 0.5) is 4.79 Å². The Labute approximate surface area is 143 Å². The molecule has 0 N–H and O–H groups in total. The standard InChI is InChI=1S/C20H23NO3/c1-15-10-16(2)12-19(11-15)23-9-8-18-14-21(20(22)24-18)13-17-6-4-3-5-7-17/h3-7,10-12,18H,8-9,13-14H2,1-2H3/t18-/m1/s1.